The van der Waals surface area contributed by atoms with Crippen molar-refractivity contribution in [1.82, 2.24) is 0 Å². The Morgan fingerprint density at radius 2 is 2.04 bits per heavy atom. The highest BCUT2D eigenvalue weighted by Gasteiger charge is 2.22. The first kappa shape index (κ1) is 17.4. The number of hydrogen-bond donors (Lipinski definition) is 0. The molecule has 0 fully saturated rings. The Morgan fingerprint density at radius 3 is 2.70 bits per heavy atom. The van der Waals surface area contributed by atoms with Crippen molar-refractivity contribution >= 4 is 41.3 Å². The van der Waals surface area contributed by atoms with E-state index < -0.39 is 5.97 Å². The molecule has 0 aliphatic heterocycles. The third-order valence-electron chi connectivity index (χ3n) is 3.60. The lowest BCUT2D eigenvalue weighted by Crippen LogP contribution is -2.14. The van der Waals surface area contributed by atoms with Crippen molar-refractivity contribution in [3.63, 3.8) is 0 Å². The average Bonchev–Trinajstić information content (AvgIpc) is 3.02. The highest BCUT2D eigenvalue weighted by atomic mass is 35.5. The van der Waals surface area contributed by atoms with Gasteiger partial charge in [0.05, 0.1) is 17.6 Å². The fraction of sp³-hybridized carbons (Fsp3) is 0.222. The molecule has 0 bridgehead atoms. The molecule has 2 rings (SSSR count). The Hall–Kier alpha value is -1.91. The van der Waals surface area contributed by atoms with Gasteiger partial charge in [0.1, 0.15) is 0 Å². The van der Waals surface area contributed by atoms with Crippen LogP contribution in [-0.2, 0) is 10.2 Å². The number of carbonyl (C=O) groups excluding carboxylic acids is 2. The minimum absolute atomic E-state index is 0.344. The lowest BCUT2D eigenvalue weighted by molar-refractivity contribution is 0.0600. The lowest BCUT2D eigenvalue weighted by atomic mass is 9.84. The highest BCUT2D eigenvalue weighted by molar-refractivity contribution is 7.11. The van der Waals surface area contributed by atoms with E-state index in [-0.39, 0.29) is 5.41 Å². The second-order valence-electron chi connectivity index (χ2n) is 5.59. The van der Waals surface area contributed by atoms with Crippen LogP contribution in [0.25, 0.3) is 6.08 Å². The predicted molar refractivity (Wildman–Crippen MR) is 94.6 cm³/mol. The molecule has 0 saturated heterocycles. The molecule has 23 heavy (non-hydrogen) atoms. The number of halogens is 1. The van der Waals surface area contributed by atoms with Crippen LogP contribution in [0.1, 0.15) is 45.0 Å². The molecule has 5 heteroatoms. The first-order valence-corrected chi connectivity index (χ1v) is 8.25. The summed E-state index contributed by atoms with van der Waals surface area (Å²) < 4.78 is 4.80. The fourth-order valence-electron chi connectivity index (χ4n) is 2.29. The van der Waals surface area contributed by atoms with E-state index in [0.29, 0.717) is 15.5 Å². The van der Waals surface area contributed by atoms with Crippen LogP contribution in [0.5, 0.6) is 0 Å². The minimum Gasteiger partial charge on any atom is -0.465 e. The fourth-order valence-corrected chi connectivity index (χ4v) is 3.33. The zero-order valence-electron chi connectivity index (χ0n) is 13.1. The topological polar surface area (TPSA) is 43.4 Å². The molecule has 0 spiro atoms. The van der Waals surface area contributed by atoms with Crippen LogP contribution in [-0.4, -0.2) is 19.4 Å². The van der Waals surface area contributed by atoms with Crippen molar-refractivity contribution in [2.45, 2.75) is 19.3 Å². The Labute approximate surface area is 144 Å². The zero-order valence-corrected chi connectivity index (χ0v) is 14.7. The summed E-state index contributed by atoms with van der Waals surface area (Å²) in [4.78, 5) is 23.7. The molecular formula is C18H17ClO3S. The van der Waals surface area contributed by atoms with E-state index in [2.05, 4.69) is 0 Å². The van der Waals surface area contributed by atoms with Gasteiger partial charge < -0.3 is 4.74 Å². The van der Waals surface area contributed by atoms with Crippen LogP contribution in [0.2, 0.25) is 5.02 Å². The van der Waals surface area contributed by atoms with Crippen LogP contribution in [0.4, 0.5) is 0 Å². The number of allylic oxidation sites excluding steroid dienone is 1. The van der Waals surface area contributed by atoms with Crippen molar-refractivity contribution in [2.24, 2.45) is 0 Å². The van der Waals surface area contributed by atoms with Gasteiger partial charge in [-0.15, -0.1) is 11.3 Å². The van der Waals surface area contributed by atoms with E-state index >= 15 is 0 Å². The molecule has 1 aromatic carbocycles. The molecular weight excluding hydrogens is 332 g/mol. The van der Waals surface area contributed by atoms with Gasteiger partial charge >= 0.3 is 5.97 Å². The number of benzene rings is 1. The van der Waals surface area contributed by atoms with Crippen molar-refractivity contribution in [3.05, 3.63) is 62.3 Å². The number of methoxy groups -OCH3 is 1. The third-order valence-corrected chi connectivity index (χ3v) is 4.67. The highest BCUT2D eigenvalue weighted by Crippen LogP contribution is 2.31. The van der Waals surface area contributed by atoms with Gasteiger partial charge in [0, 0.05) is 10.4 Å². The van der Waals surface area contributed by atoms with Crippen molar-refractivity contribution < 1.29 is 14.3 Å². The predicted octanol–water partition coefficient (Wildman–Crippen LogP) is 4.99. The molecule has 2 aromatic rings. The van der Waals surface area contributed by atoms with E-state index in [1.54, 1.807) is 18.2 Å². The Morgan fingerprint density at radius 1 is 1.30 bits per heavy atom. The summed E-state index contributed by atoms with van der Waals surface area (Å²) in [6, 6.07) is 7.03. The van der Waals surface area contributed by atoms with Gasteiger partial charge in [0.25, 0.3) is 0 Å². The van der Waals surface area contributed by atoms with E-state index in [1.165, 1.54) is 18.4 Å². The van der Waals surface area contributed by atoms with Crippen molar-refractivity contribution in [3.8, 4) is 0 Å². The quantitative estimate of drug-likeness (QED) is 0.564. The summed E-state index contributed by atoms with van der Waals surface area (Å²) in [7, 11) is 1.34. The molecule has 1 heterocycles. The van der Waals surface area contributed by atoms with E-state index in [1.807, 2.05) is 37.4 Å². The second-order valence-corrected chi connectivity index (χ2v) is 6.98. The molecule has 0 N–H and O–H groups in total. The maximum absolute atomic E-state index is 11.9. The number of ether oxygens (including phenoxy) is 1. The van der Waals surface area contributed by atoms with Crippen LogP contribution >= 0.6 is 22.9 Å². The summed E-state index contributed by atoms with van der Waals surface area (Å²) in [5, 5.41) is 2.37. The molecule has 0 radical (unpaired) electrons. The number of hydrogen-bond acceptors (Lipinski definition) is 4. The molecule has 0 saturated carbocycles. The summed E-state index contributed by atoms with van der Waals surface area (Å²) in [5.41, 5.74) is 1.75. The first-order chi connectivity index (χ1) is 10.9. The van der Waals surface area contributed by atoms with Gasteiger partial charge in [-0.25, -0.2) is 4.79 Å². The SMILES string of the molecule is COC(=O)c1cc(Cl)ccc1C=CC(C)(C)c1ccsc1C=O. The maximum Gasteiger partial charge on any atom is 0.338 e. The molecule has 0 aliphatic carbocycles. The standard InChI is InChI=1S/C18H17ClO3S/c1-18(2,15-7-9-23-16(15)11-20)8-6-12-4-5-13(19)10-14(12)17(21)22-3/h4-11H,1-3H3. The van der Waals surface area contributed by atoms with E-state index in [4.69, 9.17) is 16.3 Å². The van der Waals surface area contributed by atoms with Gasteiger partial charge in [-0.1, -0.05) is 43.7 Å². The summed E-state index contributed by atoms with van der Waals surface area (Å²) in [6.45, 7) is 4.04. The normalized spacial score (nSPS) is 11.7. The Kier molecular flexibility index (Phi) is 5.39. The van der Waals surface area contributed by atoms with Gasteiger partial charge in [-0.3, -0.25) is 4.79 Å². The summed E-state index contributed by atoms with van der Waals surface area (Å²) >= 11 is 7.38. The average molecular weight is 349 g/mol. The minimum atomic E-state index is -0.436. The number of carbonyl (C=O) groups is 2. The van der Waals surface area contributed by atoms with Crippen LogP contribution in [0, 0.1) is 0 Å². The summed E-state index contributed by atoms with van der Waals surface area (Å²) in [5.74, 6) is -0.436. The van der Waals surface area contributed by atoms with Gasteiger partial charge in [-0.05, 0) is 34.7 Å². The van der Waals surface area contributed by atoms with Crippen LogP contribution in [0.15, 0.2) is 35.7 Å². The number of thiophene rings is 1. The molecule has 1 aromatic heterocycles. The monoisotopic (exact) mass is 348 g/mol. The number of rotatable bonds is 5. The molecule has 3 nitrogen and oxygen atoms in total. The van der Waals surface area contributed by atoms with Crippen molar-refractivity contribution in [1.29, 1.82) is 0 Å². The largest absolute Gasteiger partial charge is 0.465 e. The van der Waals surface area contributed by atoms with Crippen molar-refractivity contribution in [2.75, 3.05) is 7.11 Å². The Balaban J connectivity index is 2.40. The molecule has 0 atom stereocenters. The molecule has 0 unspecified atom stereocenters. The summed E-state index contributed by atoms with van der Waals surface area (Å²) in [6.07, 6.45) is 4.70. The third kappa shape index (κ3) is 3.89. The molecule has 0 aliphatic rings. The van der Waals surface area contributed by atoms with Gasteiger partial charge in [-0.2, -0.15) is 0 Å². The van der Waals surface area contributed by atoms with E-state index in [0.717, 1.165) is 17.4 Å². The van der Waals surface area contributed by atoms with Gasteiger partial charge in [0.15, 0.2) is 6.29 Å². The lowest BCUT2D eigenvalue weighted by Gasteiger charge is -2.20. The maximum atomic E-state index is 11.9. The first-order valence-electron chi connectivity index (χ1n) is 6.99. The smallest absolute Gasteiger partial charge is 0.338 e. The van der Waals surface area contributed by atoms with Crippen LogP contribution in [0.3, 0.4) is 0 Å². The van der Waals surface area contributed by atoms with E-state index in [9.17, 15) is 9.59 Å². The number of esters is 1. The number of aldehydes is 1. The molecule has 120 valence electrons. The zero-order chi connectivity index (χ0) is 17.0. The second kappa shape index (κ2) is 7.11. The Bertz CT molecular complexity index is 759. The van der Waals surface area contributed by atoms with Crippen LogP contribution < -0.4 is 0 Å². The molecule has 0 amide bonds. The van der Waals surface area contributed by atoms with Gasteiger partial charge in [0.2, 0.25) is 0 Å².